The van der Waals surface area contributed by atoms with Crippen LogP contribution in [-0.4, -0.2) is 24.6 Å². The number of ketones is 1. The third-order valence-electron chi connectivity index (χ3n) is 2.83. The molecule has 0 bridgehead atoms. The van der Waals surface area contributed by atoms with E-state index in [1.807, 2.05) is 26.0 Å². The maximum absolute atomic E-state index is 11.3. The van der Waals surface area contributed by atoms with Gasteiger partial charge in [-0.15, -0.1) is 0 Å². The van der Waals surface area contributed by atoms with Crippen molar-refractivity contribution >= 4 is 17.4 Å². The average Bonchev–Trinajstić information content (AvgIpc) is 2.30. The summed E-state index contributed by atoms with van der Waals surface area (Å²) >= 11 is 5.91. The number of rotatable bonds is 4. The topological polar surface area (TPSA) is 35.5 Å². The van der Waals surface area contributed by atoms with Crippen molar-refractivity contribution < 1.29 is 14.3 Å². The van der Waals surface area contributed by atoms with Crippen molar-refractivity contribution in [3.63, 3.8) is 0 Å². The fourth-order valence-corrected chi connectivity index (χ4v) is 1.98. The minimum absolute atomic E-state index is 0.108. The average molecular weight is 255 g/mol. The molecule has 0 aliphatic heterocycles. The summed E-state index contributed by atoms with van der Waals surface area (Å²) in [5, 5.41) is 0.629. The minimum Gasteiger partial charge on any atom is -0.486 e. The summed E-state index contributed by atoms with van der Waals surface area (Å²) in [6.45, 7) is 4.33. The van der Waals surface area contributed by atoms with Crippen LogP contribution in [0.1, 0.15) is 18.9 Å². The molecule has 1 fully saturated rings. The van der Waals surface area contributed by atoms with Gasteiger partial charge in [-0.05, 0) is 31.5 Å². The Morgan fingerprint density at radius 2 is 2.24 bits per heavy atom. The molecule has 92 valence electrons. The van der Waals surface area contributed by atoms with Crippen molar-refractivity contribution in [1.29, 1.82) is 0 Å². The maximum atomic E-state index is 11.3. The second kappa shape index (κ2) is 5.07. The smallest absolute Gasteiger partial charge is 0.169 e. The largest absolute Gasteiger partial charge is 0.486 e. The van der Waals surface area contributed by atoms with Crippen LogP contribution in [0.2, 0.25) is 5.02 Å². The summed E-state index contributed by atoms with van der Waals surface area (Å²) in [7, 11) is 0. The first-order chi connectivity index (χ1) is 8.11. The highest BCUT2D eigenvalue weighted by Crippen LogP contribution is 2.29. The van der Waals surface area contributed by atoms with Gasteiger partial charge in [-0.1, -0.05) is 17.7 Å². The number of halogens is 1. The first kappa shape index (κ1) is 12.4. The van der Waals surface area contributed by atoms with Gasteiger partial charge in [0.05, 0.1) is 0 Å². The molecule has 1 aliphatic rings. The van der Waals surface area contributed by atoms with Gasteiger partial charge in [0.15, 0.2) is 11.9 Å². The van der Waals surface area contributed by atoms with Crippen LogP contribution in [0.25, 0.3) is 0 Å². The normalized spacial score (nSPS) is 23.4. The Labute approximate surface area is 106 Å². The monoisotopic (exact) mass is 254 g/mol. The molecule has 3 nitrogen and oxygen atoms in total. The van der Waals surface area contributed by atoms with Crippen molar-refractivity contribution in [2.75, 3.05) is 6.61 Å². The van der Waals surface area contributed by atoms with Gasteiger partial charge in [0, 0.05) is 18.1 Å². The number of benzene rings is 1. The highest BCUT2D eigenvalue weighted by Gasteiger charge is 2.42. The van der Waals surface area contributed by atoms with E-state index in [1.165, 1.54) is 0 Å². The summed E-state index contributed by atoms with van der Waals surface area (Å²) in [6, 6.07) is 5.48. The van der Waals surface area contributed by atoms with E-state index in [9.17, 15) is 4.79 Å². The molecule has 0 radical (unpaired) electrons. The Morgan fingerprint density at radius 3 is 2.88 bits per heavy atom. The molecular weight excluding hydrogens is 240 g/mol. The number of Topliss-reactive ketones (excluding diaryl/α,β-unsaturated/α-hetero) is 1. The van der Waals surface area contributed by atoms with Gasteiger partial charge in [-0.25, -0.2) is 0 Å². The molecule has 1 aromatic rings. The number of carbonyl (C=O) groups is 1. The van der Waals surface area contributed by atoms with Crippen LogP contribution in [0, 0.1) is 6.92 Å². The van der Waals surface area contributed by atoms with E-state index in [2.05, 4.69) is 0 Å². The summed E-state index contributed by atoms with van der Waals surface area (Å²) in [5.74, 6) is 0.830. The summed E-state index contributed by atoms with van der Waals surface area (Å²) < 4.78 is 11.1. The van der Waals surface area contributed by atoms with Crippen molar-refractivity contribution in [3.8, 4) is 5.75 Å². The molecule has 1 saturated carbocycles. The summed E-state index contributed by atoms with van der Waals surface area (Å²) in [6.07, 6.45) is -0.186. The molecule has 17 heavy (non-hydrogen) atoms. The van der Waals surface area contributed by atoms with E-state index in [1.54, 1.807) is 6.07 Å². The van der Waals surface area contributed by atoms with Crippen LogP contribution in [0.15, 0.2) is 18.2 Å². The van der Waals surface area contributed by atoms with E-state index in [0.29, 0.717) is 18.1 Å². The predicted molar refractivity (Wildman–Crippen MR) is 65.6 cm³/mol. The maximum Gasteiger partial charge on any atom is 0.169 e. The molecule has 1 aromatic carbocycles. The second-order valence-corrected chi connectivity index (χ2v) is 4.55. The second-order valence-electron chi connectivity index (χ2n) is 4.11. The number of aryl methyl sites for hydroxylation is 1. The molecule has 2 atom stereocenters. The minimum atomic E-state index is -0.418. The lowest BCUT2D eigenvalue weighted by molar-refractivity contribution is -0.154. The van der Waals surface area contributed by atoms with Crippen LogP contribution >= 0.6 is 11.6 Å². The van der Waals surface area contributed by atoms with Gasteiger partial charge in [0.1, 0.15) is 11.9 Å². The first-order valence-electron chi connectivity index (χ1n) is 5.69. The SMILES string of the molecule is CCOC1C(=O)CC1Oc1cc(Cl)ccc1C. The molecule has 4 heteroatoms. The fraction of sp³-hybridized carbons (Fsp3) is 0.462. The van der Waals surface area contributed by atoms with Gasteiger partial charge in [-0.2, -0.15) is 0 Å². The Bertz CT molecular complexity index is 431. The number of hydrogen-bond acceptors (Lipinski definition) is 3. The van der Waals surface area contributed by atoms with Gasteiger partial charge in [0.2, 0.25) is 0 Å². The number of carbonyl (C=O) groups excluding carboxylic acids is 1. The standard InChI is InChI=1S/C13H15ClO3/c1-3-16-13-10(15)7-12(13)17-11-6-9(14)5-4-8(11)2/h4-6,12-13H,3,7H2,1-2H3. The molecule has 0 spiro atoms. The zero-order chi connectivity index (χ0) is 12.4. The quantitative estimate of drug-likeness (QED) is 0.829. The van der Waals surface area contributed by atoms with E-state index in [4.69, 9.17) is 21.1 Å². The molecule has 0 N–H and O–H groups in total. The Hall–Kier alpha value is -1.06. The third kappa shape index (κ3) is 2.61. The molecule has 0 amide bonds. The van der Waals surface area contributed by atoms with Crippen molar-refractivity contribution in [3.05, 3.63) is 28.8 Å². The molecule has 0 heterocycles. The van der Waals surface area contributed by atoms with Gasteiger partial charge < -0.3 is 9.47 Å². The van der Waals surface area contributed by atoms with Crippen molar-refractivity contribution in [2.24, 2.45) is 0 Å². The highest BCUT2D eigenvalue weighted by molar-refractivity contribution is 6.30. The lowest BCUT2D eigenvalue weighted by Crippen LogP contribution is -2.52. The third-order valence-corrected chi connectivity index (χ3v) is 3.07. The lowest BCUT2D eigenvalue weighted by Gasteiger charge is -2.34. The van der Waals surface area contributed by atoms with Gasteiger partial charge in [-0.3, -0.25) is 4.79 Å². The zero-order valence-corrected chi connectivity index (χ0v) is 10.7. The van der Waals surface area contributed by atoms with Gasteiger partial charge >= 0.3 is 0 Å². The van der Waals surface area contributed by atoms with E-state index < -0.39 is 6.10 Å². The molecule has 0 aromatic heterocycles. The molecule has 2 rings (SSSR count). The predicted octanol–water partition coefficient (Wildman–Crippen LogP) is 2.77. The Balaban J connectivity index is 2.06. The zero-order valence-electron chi connectivity index (χ0n) is 9.90. The van der Waals surface area contributed by atoms with Crippen LogP contribution in [0.5, 0.6) is 5.75 Å². The van der Waals surface area contributed by atoms with E-state index >= 15 is 0 Å². The van der Waals surface area contributed by atoms with E-state index in [-0.39, 0.29) is 11.9 Å². The number of hydrogen-bond donors (Lipinski definition) is 0. The molecular formula is C13H15ClO3. The summed E-state index contributed by atoms with van der Waals surface area (Å²) in [4.78, 5) is 11.3. The van der Waals surface area contributed by atoms with Crippen LogP contribution < -0.4 is 4.74 Å². The molecule has 1 aliphatic carbocycles. The molecule has 2 unspecified atom stereocenters. The van der Waals surface area contributed by atoms with Crippen LogP contribution in [0.3, 0.4) is 0 Å². The van der Waals surface area contributed by atoms with Crippen LogP contribution in [0.4, 0.5) is 0 Å². The first-order valence-corrected chi connectivity index (χ1v) is 6.06. The number of ether oxygens (including phenoxy) is 2. The Kier molecular flexibility index (Phi) is 3.69. The summed E-state index contributed by atoms with van der Waals surface area (Å²) in [5.41, 5.74) is 1.00. The van der Waals surface area contributed by atoms with Crippen molar-refractivity contribution in [1.82, 2.24) is 0 Å². The Morgan fingerprint density at radius 1 is 1.47 bits per heavy atom. The fourth-order valence-electron chi connectivity index (χ4n) is 1.82. The van der Waals surface area contributed by atoms with Crippen molar-refractivity contribution in [2.45, 2.75) is 32.5 Å². The lowest BCUT2D eigenvalue weighted by atomic mass is 9.90. The highest BCUT2D eigenvalue weighted by atomic mass is 35.5. The van der Waals surface area contributed by atoms with Gasteiger partial charge in [0.25, 0.3) is 0 Å². The van der Waals surface area contributed by atoms with Crippen LogP contribution in [-0.2, 0) is 9.53 Å². The molecule has 0 saturated heterocycles. The van der Waals surface area contributed by atoms with E-state index in [0.717, 1.165) is 11.3 Å².